The summed E-state index contributed by atoms with van der Waals surface area (Å²) in [7, 11) is 1.50. The van der Waals surface area contributed by atoms with E-state index in [9.17, 15) is 9.59 Å². The van der Waals surface area contributed by atoms with Crippen molar-refractivity contribution in [3.8, 4) is 11.3 Å². The van der Waals surface area contributed by atoms with E-state index in [2.05, 4.69) is 26.6 Å². The molecule has 0 unspecified atom stereocenters. The van der Waals surface area contributed by atoms with Gasteiger partial charge in [0.15, 0.2) is 0 Å². The fourth-order valence-corrected chi connectivity index (χ4v) is 2.80. The van der Waals surface area contributed by atoms with E-state index in [1.807, 2.05) is 49.4 Å². The second-order valence-corrected chi connectivity index (χ2v) is 7.08. The van der Waals surface area contributed by atoms with Gasteiger partial charge in [0.05, 0.1) is 0 Å². The first-order chi connectivity index (χ1) is 13.5. The summed E-state index contributed by atoms with van der Waals surface area (Å²) in [6.07, 6.45) is 1.51. The van der Waals surface area contributed by atoms with Gasteiger partial charge in [-0.05, 0) is 43.3 Å². The van der Waals surface area contributed by atoms with Crippen LogP contribution in [-0.4, -0.2) is 18.9 Å². The van der Waals surface area contributed by atoms with E-state index in [1.54, 1.807) is 18.2 Å². The van der Waals surface area contributed by atoms with Crippen LogP contribution in [0.1, 0.15) is 21.7 Å². The van der Waals surface area contributed by atoms with E-state index in [4.69, 9.17) is 4.42 Å². The number of furan rings is 1. The maximum absolute atomic E-state index is 12.5. The molecule has 2 amide bonds. The van der Waals surface area contributed by atoms with Gasteiger partial charge in [-0.3, -0.25) is 9.59 Å². The number of carbonyl (C=O) groups is 2. The second kappa shape index (κ2) is 8.71. The van der Waals surface area contributed by atoms with Gasteiger partial charge in [-0.2, -0.15) is 0 Å². The molecule has 1 heterocycles. The highest BCUT2D eigenvalue weighted by Gasteiger charge is 2.14. The normalized spacial score (nSPS) is 11.2. The number of halogens is 1. The molecular formula is C22H19BrN2O3. The van der Waals surface area contributed by atoms with Crippen molar-refractivity contribution in [3.63, 3.8) is 0 Å². The number of hydrogen-bond donors (Lipinski definition) is 2. The van der Waals surface area contributed by atoms with Crippen molar-refractivity contribution in [1.82, 2.24) is 10.6 Å². The molecule has 0 atom stereocenters. The van der Waals surface area contributed by atoms with Gasteiger partial charge in [0.1, 0.15) is 17.2 Å². The minimum Gasteiger partial charge on any atom is -0.457 e. The lowest BCUT2D eigenvalue weighted by atomic mass is 10.1. The summed E-state index contributed by atoms with van der Waals surface area (Å²) in [4.78, 5) is 24.7. The molecule has 2 aromatic carbocycles. The molecule has 3 rings (SSSR count). The van der Waals surface area contributed by atoms with Crippen molar-refractivity contribution < 1.29 is 14.0 Å². The molecule has 0 radical (unpaired) electrons. The minimum atomic E-state index is -0.415. The van der Waals surface area contributed by atoms with E-state index in [0.717, 1.165) is 15.6 Å². The highest BCUT2D eigenvalue weighted by atomic mass is 79.9. The molecular weight excluding hydrogens is 420 g/mol. The number of likely N-dealkylation sites (N-methyl/N-ethyl adjacent to an activating group) is 1. The van der Waals surface area contributed by atoms with Crippen LogP contribution < -0.4 is 10.6 Å². The van der Waals surface area contributed by atoms with Crippen LogP contribution in [0.2, 0.25) is 0 Å². The number of aryl methyl sites for hydroxylation is 1. The molecule has 28 heavy (non-hydrogen) atoms. The van der Waals surface area contributed by atoms with Crippen molar-refractivity contribution in [3.05, 3.63) is 87.7 Å². The smallest absolute Gasteiger partial charge is 0.267 e. The van der Waals surface area contributed by atoms with Gasteiger partial charge in [0, 0.05) is 28.7 Å². The van der Waals surface area contributed by atoms with Gasteiger partial charge in [0.2, 0.25) is 0 Å². The average molecular weight is 439 g/mol. The van der Waals surface area contributed by atoms with Crippen molar-refractivity contribution >= 4 is 33.8 Å². The summed E-state index contributed by atoms with van der Waals surface area (Å²) >= 11 is 3.40. The number of hydrogen-bond acceptors (Lipinski definition) is 3. The molecule has 5 nitrogen and oxygen atoms in total. The van der Waals surface area contributed by atoms with Crippen LogP contribution in [0.5, 0.6) is 0 Å². The predicted octanol–water partition coefficient (Wildman–Crippen LogP) is 4.53. The predicted molar refractivity (Wildman–Crippen MR) is 113 cm³/mol. The van der Waals surface area contributed by atoms with Crippen LogP contribution in [0, 0.1) is 6.92 Å². The third-order valence-electron chi connectivity index (χ3n) is 4.08. The van der Waals surface area contributed by atoms with E-state index in [1.165, 1.54) is 13.1 Å². The van der Waals surface area contributed by atoms with Gasteiger partial charge >= 0.3 is 0 Å². The Bertz CT molecular complexity index is 1020. The Labute approximate surface area is 171 Å². The fraction of sp³-hybridized carbons (Fsp3) is 0.0909. The number of benzene rings is 2. The molecule has 142 valence electrons. The van der Waals surface area contributed by atoms with Crippen molar-refractivity contribution in [1.29, 1.82) is 0 Å². The summed E-state index contributed by atoms with van der Waals surface area (Å²) in [5.41, 5.74) is 2.53. The summed E-state index contributed by atoms with van der Waals surface area (Å²) in [5.74, 6) is 0.345. The highest BCUT2D eigenvalue weighted by Crippen LogP contribution is 2.25. The van der Waals surface area contributed by atoms with Gasteiger partial charge in [-0.1, -0.05) is 45.8 Å². The highest BCUT2D eigenvalue weighted by molar-refractivity contribution is 9.10. The number of rotatable bonds is 5. The molecule has 0 aliphatic carbocycles. The maximum Gasteiger partial charge on any atom is 0.267 e. The largest absolute Gasteiger partial charge is 0.457 e. The van der Waals surface area contributed by atoms with Gasteiger partial charge < -0.3 is 15.1 Å². The molecule has 0 spiro atoms. The molecule has 0 aliphatic rings. The summed E-state index contributed by atoms with van der Waals surface area (Å²) in [6, 6.07) is 18.4. The number of amides is 2. The lowest BCUT2D eigenvalue weighted by molar-refractivity contribution is -0.117. The van der Waals surface area contributed by atoms with Crippen LogP contribution in [0.25, 0.3) is 17.4 Å². The van der Waals surface area contributed by atoms with Crippen molar-refractivity contribution in [2.45, 2.75) is 6.92 Å². The topological polar surface area (TPSA) is 71.3 Å². The summed E-state index contributed by atoms with van der Waals surface area (Å²) in [5, 5.41) is 5.18. The van der Waals surface area contributed by atoms with E-state index >= 15 is 0 Å². The lowest BCUT2D eigenvalue weighted by Gasteiger charge is -2.08. The molecule has 0 saturated heterocycles. The Morgan fingerprint density at radius 2 is 1.64 bits per heavy atom. The van der Waals surface area contributed by atoms with Crippen molar-refractivity contribution in [2.75, 3.05) is 7.05 Å². The molecule has 0 saturated carbocycles. The van der Waals surface area contributed by atoms with Crippen LogP contribution in [0.3, 0.4) is 0 Å². The Balaban J connectivity index is 1.84. The minimum absolute atomic E-state index is 0.102. The van der Waals surface area contributed by atoms with Gasteiger partial charge in [-0.15, -0.1) is 0 Å². The Kier molecular flexibility index (Phi) is 6.11. The van der Waals surface area contributed by atoms with Gasteiger partial charge in [0.25, 0.3) is 11.8 Å². The number of carbonyl (C=O) groups excluding carboxylic acids is 2. The number of nitrogens with one attached hydrogen (secondary N) is 2. The first-order valence-electron chi connectivity index (χ1n) is 8.64. The Morgan fingerprint density at radius 1 is 0.964 bits per heavy atom. The van der Waals surface area contributed by atoms with Crippen LogP contribution in [0.4, 0.5) is 0 Å². The fourth-order valence-electron chi connectivity index (χ4n) is 2.53. The quantitative estimate of drug-likeness (QED) is 0.574. The molecule has 1 aromatic heterocycles. The molecule has 0 bridgehead atoms. The first kappa shape index (κ1) is 19.6. The van der Waals surface area contributed by atoms with Crippen molar-refractivity contribution in [2.24, 2.45) is 0 Å². The van der Waals surface area contributed by atoms with E-state index in [0.29, 0.717) is 17.1 Å². The molecule has 0 aliphatic heterocycles. The average Bonchev–Trinajstić information content (AvgIpc) is 3.16. The monoisotopic (exact) mass is 438 g/mol. The third-order valence-corrected chi connectivity index (χ3v) is 4.60. The molecule has 0 fully saturated rings. The first-order valence-corrected chi connectivity index (χ1v) is 9.43. The summed E-state index contributed by atoms with van der Waals surface area (Å²) in [6.45, 7) is 1.94. The molecule has 3 aromatic rings. The molecule has 2 N–H and O–H groups in total. The van der Waals surface area contributed by atoms with Crippen LogP contribution in [-0.2, 0) is 4.79 Å². The SMILES string of the molecule is CNC(=O)/C(=C/c1ccc(-c2ccc(Br)cc2)o1)NC(=O)c1ccc(C)cc1. The zero-order valence-corrected chi connectivity index (χ0v) is 17.0. The Morgan fingerprint density at radius 3 is 2.29 bits per heavy atom. The van der Waals surface area contributed by atoms with E-state index in [-0.39, 0.29) is 11.6 Å². The molecule has 6 heteroatoms. The maximum atomic E-state index is 12.5. The zero-order chi connectivity index (χ0) is 20.1. The van der Waals surface area contributed by atoms with Crippen LogP contribution in [0.15, 0.2) is 75.3 Å². The Hall–Kier alpha value is -3.12. The van der Waals surface area contributed by atoms with Crippen LogP contribution >= 0.6 is 15.9 Å². The van der Waals surface area contributed by atoms with E-state index < -0.39 is 5.91 Å². The summed E-state index contributed by atoms with van der Waals surface area (Å²) < 4.78 is 6.79. The zero-order valence-electron chi connectivity index (χ0n) is 15.5. The third kappa shape index (κ3) is 4.78. The second-order valence-electron chi connectivity index (χ2n) is 6.17. The van der Waals surface area contributed by atoms with Gasteiger partial charge in [-0.25, -0.2) is 0 Å². The lowest BCUT2D eigenvalue weighted by Crippen LogP contribution is -2.33. The standard InChI is InChI=1S/C22H19BrN2O3/c1-14-3-5-16(6-4-14)21(26)25-19(22(27)24-2)13-18-11-12-20(28-18)15-7-9-17(23)10-8-15/h3-13H,1-2H3,(H,24,27)(H,25,26)/b19-13-.